The number of methoxy groups -OCH3 is 1. The van der Waals surface area contributed by atoms with Crippen LogP contribution in [0, 0.1) is 5.92 Å². The third-order valence-electron chi connectivity index (χ3n) is 6.02. The molecule has 2 N–H and O–H groups in total. The second kappa shape index (κ2) is 8.64. The van der Waals surface area contributed by atoms with Gasteiger partial charge in [0.2, 0.25) is 5.91 Å². The third kappa shape index (κ3) is 3.99. The van der Waals surface area contributed by atoms with Crippen molar-refractivity contribution in [2.45, 2.75) is 19.3 Å². The summed E-state index contributed by atoms with van der Waals surface area (Å²) in [5, 5.41) is 10.7. The second-order valence-corrected chi connectivity index (χ2v) is 8.52. The van der Waals surface area contributed by atoms with Crippen LogP contribution in [0.3, 0.4) is 0 Å². The Balaban J connectivity index is 1.60. The van der Waals surface area contributed by atoms with Gasteiger partial charge in [-0.05, 0) is 25.0 Å². The van der Waals surface area contributed by atoms with Crippen molar-refractivity contribution in [3.63, 3.8) is 0 Å². The maximum absolute atomic E-state index is 12.4. The van der Waals surface area contributed by atoms with Gasteiger partial charge in [-0.15, -0.1) is 0 Å². The molecule has 1 aliphatic carbocycles. The van der Waals surface area contributed by atoms with Crippen LogP contribution < -0.4 is 15.4 Å². The van der Waals surface area contributed by atoms with Crippen LogP contribution in [-0.2, 0) is 23.1 Å². The number of nitrogens with zero attached hydrogens (tertiary/aromatic N) is 5. The van der Waals surface area contributed by atoms with Gasteiger partial charge in [0, 0.05) is 39.0 Å². The summed E-state index contributed by atoms with van der Waals surface area (Å²) in [4.78, 5) is 35.2. The molecule has 3 heterocycles. The van der Waals surface area contributed by atoms with E-state index in [1.807, 2.05) is 30.1 Å². The van der Waals surface area contributed by atoms with E-state index < -0.39 is 0 Å². The van der Waals surface area contributed by atoms with Crippen molar-refractivity contribution in [1.29, 1.82) is 0 Å². The number of benzene rings is 1. The first-order valence-electron chi connectivity index (χ1n) is 11.1. The summed E-state index contributed by atoms with van der Waals surface area (Å²) in [5.74, 6) is 3.63. The van der Waals surface area contributed by atoms with Gasteiger partial charge in [-0.3, -0.25) is 9.48 Å². The largest absolute Gasteiger partial charge is 0.494 e. The van der Waals surface area contributed by atoms with Crippen molar-refractivity contribution in [2.75, 3.05) is 31.3 Å². The molecule has 2 aliphatic rings. The normalized spacial score (nSPS) is 14.9. The lowest BCUT2D eigenvalue weighted by Gasteiger charge is -2.29. The standard InChI is InChI=1S/C24H25N7O3/c1-30-10-9-16-21(19(30)12-32)18(11-20(27-16)28-24(33)14-7-8-14)26-17-6-4-5-15(22(17)34-3)23-25-13-31(2)29-23/h4-6,11,13-14H,7-10H2,1-3H3,(H2,26,27,28,33). The van der Waals surface area contributed by atoms with E-state index in [0.717, 1.165) is 24.1 Å². The monoisotopic (exact) mass is 459 g/mol. The first-order valence-corrected chi connectivity index (χ1v) is 11.1. The number of pyridine rings is 1. The maximum atomic E-state index is 12.4. The van der Waals surface area contributed by atoms with Crippen LogP contribution >= 0.6 is 0 Å². The van der Waals surface area contributed by atoms with E-state index in [-0.39, 0.29) is 11.8 Å². The van der Waals surface area contributed by atoms with E-state index in [9.17, 15) is 9.59 Å². The molecule has 0 unspecified atom stereocenters. The van der Waals surface area contributed by atoms with Gasteiger partial charge in [-0.25, -0.2) is 14.8 Å². The number of aromatic nitrogens is 4. The lowest BCUT2D eigenvalue weighted by atomic mass is 10.00. The summed E-state index contributed by atoms with van der Waals surface area (Å²) in [6.07, 6.45) is 4.06. The number of hydrogen-bond acceptors (Lipinski definition) is 8. The summed E-state index contributed by atoms with van der Waals surface area (Å²) < 4.78 is 7.36. The highest BCUT2D eigenvalue weighted by Gasteiger charge is 2.31. The molecule has 0 spiro atoms. The Labute approximate surface area is 196 Å². The molecule has 0 bridgehead atoms. The summed E-state index contributed by atoms with van der Waals surface area (Å²) in [7, 11) is 5.24. The smallest absolute Gasteiger partial charge is 0.228 e. The molecule has 1 aromatic carbocycles. The fraction of sp³-hybridized carbons (Fsp3) is 0.333. The molecular formula is C24H25N7O3. The van der Waals surface area contributed by atoms with Crippen LogP contribution in [0.5, 0.6) is 5.75 Å². The minimum Gasteiger partial charge on any atom is -0.494 e. The third-order valence-corrected chi connectivity index (χ3v) is 6.02. The van der Waals surface area contributed by atoms with E-state index in [1.54, 1.807) is 31.2 Å². The number of aryl methyl sites for hydroxylation is 1. The molecular weight excluding hydrogens is 434 g/mol. The number of carbonyl (C=O) groups is 1. The quantitative estimate of drug-likeness (QED) is 0.541. The summed E-state index contributed by atoms with van der Waals surface area (Å²) >= 11 is 0. The Hall–Kier alpha value is -4.17. The Bertz CT molecular complexity index is 1320. The highest BCUT2D eigenvalue weighted by atomic mass is 16.5. The Morgan fingerprint density at radius 3 is 2.74 bits per heavy atom. The van der Waals surface area contributed by atoms with Crippen LogP contribution in [0.1, 0.15) is 24.1 Å². The number of carbonyl (C=O) groups excluding carboxylic acids is 2. The number of ether oxygens (including phenoxy) is 1. The molecule has 3 aromatic rings. The van der Waals surface area contributed by atoms with Gasteiger partial charge < -0.3 is 20.3 Å². The maximum Gasteiger partial charge on any atom is 0.228 e. The van der Waals surface area contributed by atoms with Crippen molar-refractivity contribution < 1.29 is 14.3 Å². The molecule has 10 nitrogen and oxygen atoms in total. The fourth-order valence-electron chi connectivity index (χ4n) is 4.12. The minimum absolute atomic E-state index is 0.0294. The van der Waals surface area contributed by atoms with Crippen molar-refractivity contribution in [1.82, 2.24) is 24.6 Å². The van der Waals surface area contributed by atoms with Crippen molar-refractivity contribution in [3.05, 3.63) is 41.9 Å². The zero-order valence-electron chi connectivity index (χ0n) is 19.3. The highest BCUT2D eigenvalue weighted by molar-refractivity contribution is 5.97. The van der Waals surface area contributed by atoms with E-state index >= 15 is 0 Å². The molecule has 0 saturated heterocycles. The molecule has 1 fully saturated rings. The Morgan fingerprint density at radius 1 is 1.24 bits per heavy atom. The van der Waals surface area contributed by atoms with E-state index in [2.05, 4.69) is 31.6 Å². The van der Waals surface area contributed by atoms with Gasteiger partial charge in [-0.1, -0.05) is 6.07 Å². The SMILES string of the molecule is COc1c(Nc2cc(NC(=O)C3CC3)nc3c2C(=C=O)N(C)CC3)cccc1-c1ncn(C)n1. The number of likely N-dealkylation sites (N-methyl/N-ethyl adjacent to an activating group) is 1. The van der Waals surface area contributed by atoms with Gasteiger partial charge in [0.25, 0.3) is 0 Å². The topological polar surface area (TPSA) is 114 Å². The summed E-state index contributed by atoms with van der Waals surface area (Å²) in [6, 6.07) is 7.38. The van der Waals surface area contributed by atoms with E-state index in [1.165, 1.54) is 0 Å². The highest BCUT2D eigenvalue weighted by Crippen LogP contribution is 2.40. The first kappa shape index (κ1) is 21.7. The molecule has 1 amide bonds. The van der Waals surface area contributed by atoms with Gasteiger partial charge in [0.05, 0.1) is 35.3 Å². The van der Waals surface area contributed by atoms with Crippen LogP contribution in [-0.4, -0.2) is 57.2 Å². The number of hydrogen-bond donors (Lipinski definition) is 2. The van der Waals surface area contributed by atoms with Crippen LogP contribution in [0.25, 0.3) is 17.1 Å². The average Bonchev–Trinajstić information content (AvgIpc) is 3.60. The van der Waals surface area contributed by atoms with Gasteiger partial charge >= 0.3 is 0 Å². The predicted molar refractivity (Wildman–Crippen MR) is 127 cm³/mol. The predicted octanol–water partition coefficient (Wildman–Crippen LogP) is 2.64. The summed E-state index contributed by atoms with van der Waals surface area (Å²) in [6.45, 7) is 0.633. The lowest BCUT2D eigenvalue weighted by molar-refractivity contribution is -0.117. The number of para-hydroxylation sites is 1. The van der Waals surface area contributed by atoms with Crippen molar-refractivity contribution in [2.24, 2.45) is 13.0 Å². The minimum atomic E-state index is -0.0294. The number of fused-ring (bicyclic) bond motifs is 1. The molecule has 10 heteroatoms. The number of nitrogens with one attached hydrogen (secondary N) is 2. The van der Waals surface area contributed by atoms with Crippen molar-refractivity contribution in [3.8, 4) is 17.1 Å². The zero-order chi connectivity index (χ0) is 23.8. The van der Waals surface area contributed by atoms with E-state index in [0.29, 0.717) is 53.0 Å². The molecule has 0 radical (unpaired) electrons. The molecule has 5 rings (SSSR count). The summed E-state index contributed by atoms with van der Waals surface area (Å²) in [5.41, 5.74) is 3.83. The van der Waals surface area contributed by atoms with Crippen molar-refractivity contribution >= 4 is 34.7 Å². The number of anilines is 3. The zero-order valence-corrected chi connectivity index (χ0v) is 19.3. The molecule has 0 atom stereocenters. The fourth-order valence-corrected chi connectivity index (χ4v) is 4.12. The Kier molecular flexibility index (Phi) is 5.51. The van der Waals surface area contributed by atoms with E-state index in [4.69, 9.17) is 4.74 Å². The first-order chi connectivity index (χ1) is 16.5. The van der Waals surface area contributed by atoms with Crippen LogP contribution in [0.4, 0.5) is 17.2 Å². The van der Waals surface area contributed by atoms with Gasteiger partial charge in [0.1, 0.15) is 17.8 Å². The Morgan fingerprint density at radius 2 is 2.06 bits per heavy atom. The lowest BCUT2D eigenvalue weighted by Crippen LogP contribution is -2.28. The van der Waals surface area contributed by atoms with Crippen LogP contribution in [0.15, 0.2) is 30.6 Å². The molecule has 174 valence electrons. The molecule has 2 aromatic heterocycles. The molecule has 1 saturated carbocycles. The average molecular weight is 460 g/mol. The van der Waals surface area contributed by atoms with Crippen LogP contribution in [0.2, 0.25) is 0 Å². The number of rotatable bonds is 6. The molecule has 34 heavy (non-hydrogen) atoms. The number of amides is 1. The van der Waals surface area contributed by atoms with Gasteiger partial charge in [-0.2, -0.15) is 5.10 Å². The molecule has 1 aliphatic heterocycles. The second-order valence-electron chi connectivity index (χ2n) is 8.52. The van der Waals surface area contributed by atoms with Gasteiger partial charge in [0.15, 0.2) is 17.5 Å².